The highest BCUT2D eigenvalue weighted by Gasteiger charge is 2.02. The lowest BCUT2D eigenvalue weighted by Gasteiger charge is -2.08. The molecule has 0 spiro atoms. The van der Waals surface area contributed by atoms with Crippen LogP contribution in [0.25, 0.3) is 6.08 Å². The molecule has 0 aliphatic rings. The molecule has 2 aromatic rings. The first-order valence-corrected chi connectivity index (χ1v) is 7.34. The van der Waals surface area contributed by atoms with Gasteiger partial charge in [-0.1, -0.05) is 35.9 Å². The van der Waals surface area contributed by atoms with Gasteiger partial charge in [-0.2, -0.15) is 5.26 Å². The molecule has 2 aromatic carbocycles. The number of nitrogens with zero attached hydrogens (tertiary/aromatic N) is 1. The van der Waals surface area contributed by atoms with Crippen molar-refractivity contribution >= 4 is 35.0 Å². The van der Waals surface area contributed by atoms with E-state index in [0.29, 0.717) is 11.3 Å². The van der Waals surface area contributed by atoms with Crippen LogP contribution in [0.1, 0.15) is 16.7 Å². The van der Waals surface area contributed by atoms with Crippen molar-refractivity contribution in [2.24, 2.45) is 0 Å². The summed E-state index contributed by atoms with van der Waals surface area (Å²) in [6.07, 6.45) is 3.14. The molecule has 5 heteroatoms. The number of aryl methyl sites for hydroxylation is 1. The Morgan fingerprint density at radius 3 is 2.65 bits per heavy atom. The zero-order chi connectivity index (χ0) is 16.7. The van der Waals surface area contributed by atoms with Crippen LogP contribution in [0.4, 0.5) is 5.69 Å². The maximum atomic E-state index is 11.8. The molecule has 114 valence electrons. The van der Waals surface area contributed by atoms with Gasteiger partial charge in [-0.05, 0) is 49.0 Å². The number of hydrogen-bond acceptors (Lipinski definition) is 3. The SMILES string of the molecule is Cc1ccc(C=CC(=O)NC(=S)Nc2cccc(C#N)c2)cc1. The minimum atomic E-state index is -0.320. The Hall–Kier alpha value is -2.97. The monoisotopic (exact) mass is 321 g/mol. The minimum Gasteiger partial charge on any atom is -0.332 e. The zero-order valence-corrected chi connectivity index (χ0v) is 13.4. The lowest BCUT2D eigenvalue weighted by Crippen LogP contribution is -2.32. The summed E-state index contributed by atoms with van der Waals surface area (Å²) in [6, 6.07) is 16.7. The van der Waals surface area contributed by atoms with Gasteiger partial charge in [0, 0.05) is 11.8 Å². The van der Waals surface area contributed by atoms with E-state index < -0.39 is 0 Å². The molecule has 0 bridgehead atoms. The van der Waals surface area contributed by atoms with E-state index >= 15 is 0 Å². The molecule has 23 heavy (non-hydrogen) atoms. The molecule has 0 saturated heterocycles. The molecule has 0 radical (unpaired) electrons. The molecule has 0 saturated carbocycles. The van der Waals surface area contributed by atoms with Gasteiger partial charge in [0.25, 0.3) is 0 Å². The van der Waals surface area contributed by atoms with E-state index in [1.807, 2.05) is 37.3 Å². The molecule has 0 atom stereocenters. The summed E-state index contributed by atoms with van der Waals surface area (Å²) in [5.74, 6) is -0.320. The van der Waals surface area contributed by atoms with Gasteiger partial charge in [0.1, 0.15) is 0 Å². The van der Waals surface area contributed by atoms with Gasteiger partial charge in [-0.3, -0.25) is 10.1 Å². The fourth-order valence-corrected chi connectivity index (χ4v) is 2.05. The maximum absolute atomic E-state index is 11.8. The highest BCUT2D eigenvalue weighted by atomic mass is 32.1. The lowest BCUT2D eigenvalue weighted by atomic mass is 10.1. The Labute approximate surface area is 140 Å². The average molecular weight is 321 g/mol. The quantitative estimate of drug-likeness (QED) is 0.672. The van der Waals surface area contributed by atoms with Crippen molar-refractivity contribution < 1.29 is 4.79 Å². The molecule has 2 rings (SSSR count). The van der Waals surface area contributed by atoms with Crippen molar-refractivity contribution in [2.75, 3.05) is 5.32 Å². The van der Waals surface area contributed by atoms with Crippen LogP contribution in [0.2, 0.25) is 0 Å². The van der Waals surface area contributed by atoms with Crippen LogP contribution in [-0.2, 0) is 4.79 Å². The lowest BCUT2D eigenvalue weighted by molar-refractivity contribution is -0.115. The third kappa shape index (κ3) is 5.38. The number of rotatable bonds is 3. The predicted octanol–water partition coefficient (Wildman–Crippen LogP) is 3.39. The summed E-state index contributed by atoms with van der Waals surface area (Å²) in [5.41, 5.74) is 3.27. The van der Waals surface area contributed by atoms with Crippen LogP contribution >= 0.6 is 12.2 Å². The Morgan fingerprint density at radius 2 is 1.96 bits per heavy atom. The highest BCUT2D eigenvalue weighted by molar-refractivity contribution is 7.80. The van der Waals surface area contributed by atoms with E-state index in [1.165, 1.54) is 6.08 Å². The first-order chi connectivity index (χ1) is 11.1. The molecule has 2 N–H and O–H groups in total. The summed E-state index contributed by atoms with van der Waals surface area (Å²) >= 11 is 5.08. The van der Waals surface area contributed by atoms with E-state index in [1.54, 1.807) is 30.3 Å². The Balaban J connectivity index is 1.90. The molecule has 0 aliphatic heterocycles. The Bertz CT molecular complexity index is 789. The maximum Gasteiger partial charge on any atom is 0.250 e. The molecule has 0 fully saturated rings. The Morgan fingerprint density at radius 1 is 1.22 bits per heavy atom. The molecule has 0 aliphatic carbocycles. The standard InChI is InChI=1S/C18H15N3OS/c1-13-5-7-14(8-6-13)9-10-17(22)21-18(23)20-16-4-2-3-15(11-16)12-19/h2-11H,1H3,(H2,20,21,22,23). The molecule has 0 heterocycles. The summed E-state index contributed by atoms with van der Waals surface area (Å²) < 4.78 is 0. The second-order valence-corrected chi connectivity index (χ2v) is 5.29. The number of nitriles is 1. The van der Waals surface area contributed by atoms with E-state index in [-0.39, 0.29) is 11.0 Å². The number of anilines is 1. The van der Waals surface area contributed by atoms with Crippen LogP contribution < -0.4 is 10.6 Å². The van der Waals surface area contributed by atoms with E-state index in [9.17, 15) is 4.79 Å². The second-order valence-electron chi connectivity index (χ2n) is 4.88. The fourth-order valence-electron chi connectivity index (χ4n) is 1.83. The van der Waals surface area contributed by atoms with Gasteiger partial charge in [0.2, 0.25) is 5.91 Å². The first-order valence-electron chi connectivity index (χ1n) is 6.94. The highest BCUT2D eigenvalue weighted by Crippen LogP contribution is 2.09. The van der Waals surface area contributed by atoms with Crippen molar-refractivity contribution in [3.63, 3.8) is 0 Å². The van der Waals surface area contributed by atoms with E-state index in [0.717, 1.165) is 11.1 Å². The van der Waals surface area contributed by atoms with Gasteiger partial charge >= 0.3 is 0 Å². The number of benzene rings is 2. The smallest absolute Gasteiger partial charge is 0.250 e. The molecular weight excluding hydrogens is 306 g/mol. The van der Waals surface area contributed by atoms with Crippen LogP contribution in [0.15, 0.2) is 54.6 Å². The van der Waals surface area contributed by atoms with Crippen LogP contribution in [0, 0.1) is 18.3 Å². The molecule has 0 unspecified atom stereocenters. The van der Waals surface area contributed by atoms with Crippen LogP contribution in [0.3, 0.4) is 0 Å². The van der Waals surface area contributed by atoms with Gasteiger partial charge in [0.15, 0.2) is 5.11 Å². The number of amides is 1. The molecule has 4 nitrogen and oxygen atoms in total. The second kappa shape index (κ2) is 7.87. The van der Waals surface area contributed by atoms with Crippen molar-refractivity contribution in [3.8, 4) is 6.07 Å². The Kier molecular flexibility index (Phi) is 5.61. The van der Waals surface area contributed by atoms with E-state index in [2.05, 4.69) is 10.6 Å². The average Bonchev–Trinajstić information content (AvgIpc) is 2.54. The van der Waals surface area contributed by atoms with Crippen LogP contribution in [0.5, 0.6) is 0 Å². The number of carbonyl (C=O) groups is 1. The van der Waals surface area contributed by atoms with Crippen molar-refractivity contribution in [1.29, 1.82) is 5.26 Å². The number of nitrogens with one attached hydrogen (secondary N) is 2. The zero-order valence-electron chi connectivity index (χ0n) is 12.5. The largest absolute Gasteiger partial charge is 0.332 e. The third-order valence-corrected chi connectivity index (χ3v) is 3.19. The molecule has 0 aromatic heterocycles. The number of hydrogen-bond donors (Lipinski definition) is 2. The summed E-state index contributed by atoms with van der Waals surface area (Å²) in [7, 11) is 0. The number of thiocarbonyl (C=S) groups is 1. The number of carbonyl (C=O) groups excluding carboxylic acids is 1. The summed E-state index contributed by atoms with van der Waals surface area (Å²) in [4.78, 5) is 11.8. The summed E-state index contributed by atoms with van der Waals surface area (Å²) in [5, 5.41) is 14.5. The third-order valence-electron chi connectivity index (χ3n) is 2.99. The fraction of sp³-hybridized carbons (Fsp3) is 0.0556. The van der Waals surface area contributed by atoms with Gasteiger partial charge in [0.05, 0.1) is 11.6 Å². The van der Waals surface area contributed by atoms with Gasteiger partial charge in [-0.25, -0.2) is 0 Å². The van der Waals surface area contributed by atoms with Crippen molar-refractivity contribution in [3.05, 3.63) is 71.3 Å². The topological polar surface area (TPSA) is 64.9 Å². The minimum absolute atomic E-state index is 0.179. The van der Waals surface area contributed by atoms with Gasteiger partial charge < -0.3 is 5.32 Å². The molecular formula is C18H15N3OS. The predicted molar refractivity (Wildman–Crippen MR) is 95.7 cm³/mol. The van der Waals surface area contributed by atoms with Crippen LogP contribution in [-0.4, -0.2) is 11.0 Å². The molecule has 1 amide bonds. The first kappa shape index (κ1) is 16.4. The van der Waals surface area contributed by atoms with Gasteiger partial charge in [-0.15, -0.1) is 0 Å². The van der Waals surface area contributed by atoms with Crippen molar-refractivity contribution in [2.45, 2.75) is 6.92 Å². The summed E-state index contributed by atoms with van der Waals surface area (Å²) in [6.45, 7) is 2.01. The van der Waals surface area contributed by atoms with Crippen molar-refractivity contribution in [1.82, 2.24) is 5.32 Å². The van der Waals surface area contributed by atoms with E-state index in [4.69, 9.17) is 17.5 Å². The normalized spacial score (nSPS) is 10.1.